The van der Waals surface area contributed by atoms with Crippen molar-refractivity contribution in [3.05, 3.63) is 68.2 Å². The summed E-state index contributed by atoms with van der Waals surface area (Å²) in [5, 5.41) is 13.8. The molecule has 0 heterocycles. The Kier molecular flexibility index (Phi) is 6.54. The summed E-state index contributed by atoms with van der Waals surface area (Å²) < 4.78 is 5.07. The standard InChI is InChI=1S/C17H14Cl2N2O5/c1-10(17(23)20-11-4-2-5-12(8-11)21(24)25)26-16(22)9-13-14(18)6-3-7-15(13)19/h2-8,10H,9H2,1H3,(H,20,23)/t10-/m1/s1. The molecule has 0 unspecified atom stereocenters. The van der Waals surface area contributed by atoms with Gasteiger partial charge >= 0.3 is 5.97 Å². The van der Waals surface area contributed by atoms with Gasteiger partial charge in [0.05, 0.1) is 11.3 Å². The van der Waals surface area contributed by atoms with Gasteiger partial charge in [-0.05, 0) is 25.1 Å². The predicted octanol–water partition coefficient (Wildman–Crippen LogP) is 4.01. The fraction of sp³-hybridized carbons (Fsp3) is 0.176. The Balaban J connectivity index is 1.97. The lowest BCUT2D eigenvalue weighted by molar-refractivity contribution is -0.384. The van der Waals surface area contributed by atoms with Gasteiger partial charge in [-0.2, -0.15) is 0 Å². The lowest BCUT2D eigenvalue weighted by atomic mass is 10.1. The van der Waals surface area contributed by atoms with E-state index in [4.69, 9.17) is 27.9 Å². The Morgan fingerprint density at radius 1 is 1.19 bits per heavy atom. The zero-order valence-electron chi connectivity index (χ0n) is 13.6. The number of halogens is 2. The van der Waals surface area contributed by atoms with Crippen molar-refractivity contribution in [3.63, 3.8) is 0 Å². The zero-order chi connectivity index (χ0) is 19.3. The minimum atomic E-state index is -1.11. The van der Waals surface area contributed by atoms with Crippen molar-refractivity contribution < 1.29 is 19.2 Å². The van der Waals surface area contributed by atoms with E-state index >= 15 is 0 Å². The molecule has 0 bridgehead atoms. The molecule has 26 heavy (non-hydrogen) atoms. The monoisotopic (exact) mass is 396 g/mol. The van der Waals surface area contributed by atoms with Gasteiger partial charge in [0.2, 0.25) is 0 Å². The van der Waals surface area contributed by atoms with E-state index in [2.05, 4.69) is 5.32 Å². The number of nitrogens with one attached hydrogen (secondary N) is 1. The quantitative estimate of drug-likeness (QED) is 0.451. The summed E-state index contributed by atoms with van der Waals surface area (Å²) >= 11 is 12.0. The summed E-state index contributed by atoms with van der Waals surface area (Å²) in [7, 11) is 0. The van der Waals surface area contributed by atoms with Gasteiger partial charge in [-0.1, -0.05) is 35.3 Å². The van der Waals surface area contributed by atoms with Gasteiger partial charge in [-0.25, -0.2) is 0 Å². The van der Waals surface area contributed by atoms with Crippen LogP contribution in [-0.4, -0.2) is 22.9 Å². The second kappa shape index (κ2) is 8.64. The maximum absolute atomic E-state index is 12.1. The van der Waals surface area contributed by atoms with Gasteiger partial charge in [0.1, 0.15) is 0 Å². The zero-order valence-corrected chi connectivity index (χ0v) is 15.1. The Bertz CT molecular complexity index is 837. The van der Waals surface area contributed by atoms with Crippen LogP contribution in [0.2, 0.25) is 10.0 Å². The molecule has 136 valence electrons. The third-order valence-corrected chi connectivity index (χ3v) is 4.09. The van der Waals surface area contributed by atoms with Crippen molar-refractivity contribution >= 4 is 46.5 Å². The maximum Gasteiger partial charge on any atom is 0.311 e. The number of anilines is 1. The molecule has 0 saturated carbocycles. The molecule has 0 radical (unpaired) electrons. The highest BCUT2D eigenvalue weighted by Crippen LogP contribution is 2.25. The van der Waals surface area contributed by atoms with Crippen LogP contribution in [0.1, 0.15) is 12.5 Å². The number of amides is 1. The van der Waals surface area contributed by atoms with E-state index in [1.807, 2.05) is 0 Å². The van der Waals surface area contributed by atoms with Crippen molar-refractivity contribution in [2.75, 3.05) is 5.32 Å². The normalized spacial score (nSPS) is 11.5. The summed E-state index contributed by atoms with van der Waals surface area (Å²) in [4.78, 5) is 34.3. The highest BCUT2D eigenvalue weighted by atomic mass is 35.5. The lowest BCUT2D eigenvalue weighted by Crippen LogP contribution is -2.30. The minimum absolute atomic E-state index is 0.166. The summed E-state index contributed by atoms with van der Waals surface area (Å²) in [6.45, 7) is 1.39. The average Bonchev–Trinajstić information content (AvgIpc) is 2.58. The first kappa shape index (κ1) is 19.7. The van der Waals surface area contributed by atoms with E-state index in [-0.39, 0.29) is 17.8 Å². The van der Waals surface area contributed by atoms with E-state index in [1.165, 1.54) is 31.2 Å². The Hall–Kier alpha value is -2.64. The van der Waals surface area contributed by atoms with Crippen molar-refractivity contribution in [2.24, 2.45) is 0 Å². The van der Waals surface area contributed by atoms with Crippen LogP contribution in [0.15, 0.2) is 42.5 Å². The molecule has 2 aromatic rings. The molecule has 7 nitrogen and oxygen atoms in total. The van der Waals surface area contributed by atoms with Crippen molar-refractivity contribution in [1.82, 2.24) is 0 Å². The van der Waals surface area contributed by atoms with Crippen molar-refractivity contribution in [3.8, 4) is 0 Å². The molecule has 0 aromatic heterocycles. The number of rotatable bonds is 6. The van der Waals surface area contributed by atoms with Gasteiger partial charge in [0.15, 0.2) is 6.10 Å². The van der Waals surface area contributed by atoms with Crippen molar-refractivity contribution in [2.45, 2.75) is 19.4 Å². The van der Waals surface area contributed by atoms with E-state index in [1.54, 1.807) is 18.2 Å². The molecule has 0 fully saturated rings. The number of carbonyl (C=O) groups excluding carboxylic acids is 2. The first-order chi connectivity index (χ1) is 12.3. The first-order valence-electron chi connectivity index (χ1n) is 7.45. The largest absolute Gasteiger partial charge is 0.452 e. The summed E-state index contributed by atoms with van der Waals surface area (Å²) in [6, 6.07) is 10.3. The Morgan fingerprint density at radius 2 is 1.81 bits per heavy atom. The molecule has 0 aliphatic heterocycles. The smallest absolute Gasteiger partial charge is 0.311 e. The van der Waals surface area contributed by atoms with Crippen LogP contribution in [0.25, 0.3) is 0 Å². The highest BCUT2D eigenvalue weighted by Gasteiger charge is 2.20. The van der Waals surface area contributed by atoms with Crippen LogP contribution in [0.3, 0.4) is 0 Å². The lowest BCUT2D eigenvalue weighted by Gasteiger charge is -2.14. The second-order valence-corrected chi connectivity index (χ2v) is 6.12. The number of benzene rings is 2. The SMILES string of the molecule is C[C@@H](OC(=O)Cc1c(Cl)cccc1Cl)C(=O)Nc1cccc([N+](=O)[O-])c1. The van der Waals surface area contributed by atoms with E-state index in [0.29, 0.717) is 15.6 Å². The fourth-order valence-corrected chi connectivity index (χ4v) is 2.61. The number of ether oxygens (including phenoxy) is 1. The van der Waals surface area contributed by atoms with Crippen LogP contribution in [0, 0.1) is 10.1 Å². The summed E-state index contributed by atoms with van der Waals surface area (Å²) in [5.74, 6) is -1.30. The van der Waals surface area contributed by atoms with E-state index < -0.39 is 22.9 Å². The van der Waals surface area contributed by atoms with E-state index in [9.17, 15) is 19.7 Å². The number of carbonyl (C=O) groups is 2. The number of nitrogens with zero attached hydrogens (tertiary/aromatic N) is 1. The van der Waals surface area contributed by atoms with Crippen LogP contribution in [0.5, 0.6) is 0 Å². The molecular weight excluding hydrogens is 383 g/mol. The number of esters is 1. The number of non-ortho nitro benzene ring substituents is 1. The molecule has 0 saturated heterocycles. The molecule has 1 N–H and O–H groups in total. The Labute approximate surface area is 159 Å². The van der Waals surface area contributed by atoms with Crippen LogP contribution in [0.4, 0.5) is 11.4 Å². The topological polar surface area (TPSA) is 98.5 Å². The number of hydrogen-bond donors (Lipinski definition) is 1. The molecule has 2 rings (SSSR count). The third-order valence-electron chi connectivity index (χ3n) is 3.38. The van der Waals surface area contributed by atoms with Crippen LogP contribution < -0.4 is 5.32 Å². The van der Waals surface area contributed by atoms with Gasteiger partial charge in [-0.15, -0.1) is 0 Å². The van der Waals surface area contributed by atoms with Gasteiger partial charge in [0, 0.05) is 33.4 Å². The van der Waals surface area contributed by atoms with Gasteiger partial charge in [0.25, 0.3) is 11.6 Å². The molecule has 9 heteroatoms. The molecule has 1 atom stereocenters. The Morgan fingerprint density at radius 3 is 2.42 bits per heavy atom. The van der Waals surface area contributed by atoms with Gasteiger partial charge in [-0.3, -0.25) is 19.7 Å². The molecule has 0 aliphatic carbocycles. The van der Waals surface area contributed by atoms with Crippen LogP contribution >= 0.6 is 23.2 Å². The van der Waals surface area contributed by atoms with Crippen LogP contribution in [-0.2, 0) is 20.7 Å². The summed E-state index contributed by atoms with van der Waals surface area (Å²) in [6.07, 6.45) is -1.30. The third kappa shape index (κ3) is 5.18. The predicted molar refractivity (Wildman–Crippen MR) is 97.4 cm³/mol. The van der Waals surface area contributed by atoms with E-state index in [0.717, 1.165) is 0 Å². The van der Waals surface area contributed by atoms with Gasteiger partial charge < -0.3 is 10.1 Å². The number of hydrogen-bond acceptors (Lipinski definition) is 5. The minimum Gasteiger partial charge on any atom is -0.452 e. The number of nitro benzene ring substituents is 1. The molecule has 0 spiro atoms. The number of nitro groups is 1. The first-order valence-corrected chi connectivity index (χ1v) is 8.21. The highest BCUT2D eigenvalue weighted by molar-refractivity contribution is 6.36. The molecule has 2 aromatic carbocycles. The maximum atomic E-state index is 12.1. The molecule has 1 amide bonds. The summed E-state index contributed by atoms with van der Waals surface area (Å²) in [5.41, 5.74) is 0.467. The average molecular weight is 397 g/mol. The molecular formula is C17H14Cl2N2O5. The molecule has 0 aliphatic rings. The second-order valence-electron chi connectivity index (χ2n) is 5.31. The van der Waals surface area contributed by atoms with Crippen molar-refractivity contribution in [1.29, 1.82) is 0 Å². The fourth-order valence-electron chi connectivity index (χ4n) is 2.08.